The highest BCUT2D eigenvalue weighted by Gasteiger charge is 2.11. The smallest absolute Gasteiger partial charge is 0.0494 e. The number of benzene rings is 1. The maximum atomic E-state index is 5.77. The van der Waals surface area contributed by atoms with E-state index in [0.29, 0.717) is 12.5 Å². The molecule has 0 radical (unpaired) electrons. The maximum Gasteiger partial charge on any atom is 0.0494 e. The largest absolute Gasteiger partial charge is 0.358 e. The van der Waals surface area contributed by atoms with Crippen LogP contribution in [0.4, 0.5) is 0 Å². The minimum Gasteiger partial charge on any atom is -0.358 e. The van der Waals surface area contributed by atoms with Crippen LogP contribution in [0.5, 0.6) is 0 Å². The third kappa shape index (κ3) is 1.55. The number of aryl methyl sites for hydroxylation is 1. The molecule has 0 saturated carbocycles. The van der Waals surface area contributed by atoms with Crippen molar-refractivity contribution in [2.75, 3.05) is 0 Å². The van der Waals surface area contributed by atoms with Gasteiger partial charge in [0.2, 0.25) is 0 Å². The van der Waals surface area contributed by atoms with Crippen LogP contribution in [0, 0.1) is 6.92 Å². The lowest BCUT2D eigenvalue weighted by atomic mass is 9.99. The van der Waals surface area contributed by atoms with E-state index in [1.165, 1.54) is 27.7 Å². The van der Waals surface area contributed by atoms with E-state index in [-0.39, 0.29) is 0 Å². The molecule has 0 atom stereocenters. The number of aromatic nitrogens is 1. The Morgan fingerprint density at radius 3 is 2.67 bits per heavy atom. The lowest BCUT2D eigenvalue weighted by Crippen LogP contribution is -1.96. The third-order valence-corrected chi connectivity index (χ3v) is 3.01. The first kappa shape index (κ1) is 10.2. The van der Waals surface area contributed by atoms with Crippen molar-refractivity contribution >= 4 is 10.9 Å². The quantitative estimate of drug-likeness (QED) is 0.772. The van der Waals surface area contributed by atoms with Crippen molar-refractivity contribution in [2.45, 2.75) is 33.2 Å². The summed E-state index contributed by atoms with van der Waals surface area (Å²) in [5.41, 5.74) is 10.8. The summed E-state index contributed by atoms with van der Waals surface area (Å²) in [6.45, 7) is 7.12. The van der Waals surface area contributed by atoms with Gasteiger partial charge in [-0.15, -0.1) is 0 Å². The van der Waals surface area contributed by atoms with Gasteiger partial charge in [0.15, 0.2) is 0 Å². The van der Waals surface area contributed by atoms with Crippen molar-refractivity contribution in [3.05, 3.63) is 35.0 Å². The van der Waals surface area contributed by atoms with Crippen LogP contribution in [-0.2, 0) is 6.54 Å². The summed E-state index contributed by atoms with van der Waals surface area (Å²) < 4.78 is 0. The van der Waals surface area contributed by atoms with Crippen molar-refractivity contribution in [3.8, 4) is 0 Å². The van der Waals surface area contributed by atoms with Crippen LogP contribution < -0.4 is 5.73 Å². The first-order valence-electron chi connectivity index (χ1n) is 5.45. The monoisotopic (exact) mass is 202 g/mol. The van der Waals surface area contributed by atoms with Gasteiger partial charge in [-0.1, -0.05) is 32.0 Å². The molecule has 0 amide bonds. The van der Waals surface area contributed by atoms with E-state index in [9.17, 15) is 0 Å². The fraction of sp³-hybridized carbons (Fsp3) is 0.385. The first-order chi connectivity index (χ1) is 7.15. The molecule has 15 heavy (non-hydrogen) atoms. The number of hydrogen-bond donors (Lipinski definition) is 2. The Bertz CT molecular complexity index is 480. The molecule has 2 rings (SSSR count). The standard InChI is InChI=1S/C13H18N2/c1-8(2)10-5-4-6-11-12(7-14)9(3)15-13(10)11/h4-6,8,15H,7,14H2,1-3H3. The average molecular weight is 202 g/mol. The molecule has 3 N–H and O–H groups in total. The lowest BCUT2D eigenvalue weighted by molar-refractivity contribution is 0.873. The van der Waals surface area contributed by atoms with Gasteiger partial charge in [0.25, 0.3) is 0 Å². The second kappa shape index (κ2) is 3.70. The fourth-order valence-electron chi connectivity index (χ4n) is 2.17. The minimum atomic E-state index is 0.539. The molecule has 2 nitrogen and oxygen atoms in total. The first-order valence-corrected chi connectivity index (χ1v) is 5.45. The molecule has 0 aliphatic carbocycles. The van der Waals surface area contributed by atoms with Crippen LogP contribution in [0.15, 0.2) is 18.2 Å². The van der Waals surface area contributed by atoms with Gasteiger partial charge in [0.1, 0.15) is 0 Å². The Morgan fingerprint density at radius 1 is 1.33 bits per heavy atom. The van der Waals surface area contributed by atoms with Crippen molar-refractivity contribution in [1.82, 2.24) is 4.98 Å². The van der Waals surface area contributed by atoms with Crippen LogP contribution in [-0.4, -0.2) is 4.98 Å². The van der Waals surface area contributed by atoms with Crippen LogP contribution in [0.2, 0.25) is 0 Å². The van der Waals surface area contributed by atoms with Gasteiger partial charge in [0.05, 0.1) is 0 Å². The van der Waals surface area contributed by atoms with Gasteiger partial charge in [0, 0.05) is 23.1 Å². The molecule has 0 bridgehead atoms. The molecule has 1 aromatic carbocycles. The highest BCUT2D eigenvalue weighted by Crippen LogP contribution is 2.28. The number of H-pyrrole nitrogens is 1. The van der Waals surface area contributed by atoms with E-state index in [1.807, 2.05) is 0 Å². The topological polar surface area (TPSA) is 41.8 Å². The van der Waals surface area contributed by atoms with Crippen LogP contribution in [0.25, 0.3) is 10.9 Å². The van der Waals surface area contributed by atoms with E-state index in [2.05, 4.69) is 44.0 Å². The van der Waals surface area contributed by atoms with E-state index in [4.69, 9.17) is 5.73 Å². The summed E-state index contributed by atoms with van der Waals surface area (Å²) in [6, 6.07) is 6.44. The molecule has 0 unspecified atom stereocenters. The second-order valence-electron chi connectivity index (χ2n) is 4.36. The molecule has 2 heteroatoms. The average Bonchev–Trinajstić information content (AvgIpc) is 2.52. The summed E-state index contributed by atoms with van der Waals surface area (Å²) in [7, 11) is 0. The van der Waals surface area contributed by atoms with Crippen molar-refractivity contribution in [3.63, 3.8) is 0 Å². The lowest BCUT2D eigenvalue weighted by Gasteiger charge is -2.06. The number of nitrogens with one attached hydrogen (secondary N) is 1. The molecule has 1 heterocycles. The zero-order valence-electron chi connectivity index (χ0n) is 9.59. The Labute approximate surface area is 90.5 Å². The maximum absolute atomic E-state index is 5.77. The zero-order valence-corrected chi connectivity index (χ0v) is 9.59. The SMILES string of the molecule is Cc1[nH]c2c(C(C)C)cccc2c1CN. The molecule has 0 spiro atoms. The van der Waals surface area contributed by atoms with Gasteiger partial charge in [-0.2, -0.15) is 0 Å². The Balaban J connectivity index is 2.77. The molecule has 0 saturated heterocycles. The Morgan fingerprint density at radius 2 is 2.07 bits per heavy atom. The second-order valence-corrected chi connectivity index (χ2v) is 4.36. The number of nitrogens with two attached hydrogens (primary N) is 1. The predicted molar refractivity (Wildman–Crippen MR) is 65.0 cm³/mol. The molecular weight excluding hydrogens is 184 g/mol. The zero-order chi connectivity index (χ0) is 11.0. The van der Waals surface area contributed by atoms with Crippen molar-refractivity contribution < 1.29 is 0 Å². The summed E-state index contributed by atoms with van der Waals surface area (Å²) >= 11 is 0. The minimum absolute atomic E-state index is 0.539. The Kier molecular flexibility index (Phi) is 2.53. The van der Waals surface area contributed by atoms with Gasteiger partial charge in [-0.3, -0.25) is 0 Å². The summed E-state index contributed by atoms with van der Waals surface area (Å²) in [6.07, 6.45) is 0. The third-order valence-electron chi connectivity index (χ3n) is 3.01. The van der Waals surface area contributed by atoms with Gasteiger partial charge in [-0.25, -0.2) is 0 Å². The number of rotatable bonds is 2. The van der Waals surface area contributed by atoms with E-state index >= 15 is 0 Å². The predicted octanol–water partition coefficient (Wildman–Crippen LogP) is 3.06. The molecule has 0 aliphatic rings. The molecule has 1 aromatic heterocycles. The van der Waals surface area contributed by atoms with E-state index in [0.717, 1.165) is 0 Å². The highest BCUT2D eigenvalue weighted by atomic mass is 14.7. The van der Waals surface area contributed by atoms with Crippen molar-refractivity contribution in [2.24, 2.45) is 5.73 Å². The summed E-state index contributed by atoms with van der Waals surface area (Å²) in [5.74, 6) is 0.539. The van der Waals surface area contributed by atoms with Crippen LogP contribution in [0.3, 0.4) is 0 Å². The van der Waals surface area contributed by atoms with Crippen molar-refractivity contribution in [1.29, 1.82) is 0 Å². The number of hydrogen-bond acceptors (Lipinski definition) is 1. The number of aromatic amines is 1. The summed E-state index contributed by atoms with van der Waals surface area (Å²) in [5, 5.41) is 1.28. The van der Waals surface area contributed by atoms with Gasteiger partial charge < -0.3 is 10.7 Å². The van der Waals surface area contributed by atoms with E-state index < -0.39 is 0 Å². The van der Waals surface area contributed by atoms with Gasteiger partial charge >= 0.3 is 0 Å². The Hall–Kier alpha value is -1.28. The van der Waals surface area contributed by atoms with Gasteiger partial charge in [-0.05, 0) is 24.0 Å². The number of para-hydroxylation sites is 1. The highest BCUT2D eigenvalue weighted by molar-refractivity contribution is 5.87. The number of fused-ring (bicyclic) bond motifs is 1. The summed E-state index contributed by atoms with van der Waals surface area (Å²) in [4.78, 5) is 3.45. The molecule has 2 aromatic rings. The fourth-order valence-corrected chi connectivity index (χ4v) is 2.17. The molecular formula is C13H18N2. The normalized spacial score (nSPS) is 11.5. The van der Waals surface area contributed by atoms with Crippen LogP contribution in [0.1, 0.15) is 36.6 Å². The molecule has 80 valence electrons. The van der Waals surface area contributed by atoms with Crippen LogP contribution >= 0.6 is 0 Å². The van der Waals surface area contributed by atoms with E-state index in [1.54, 1.807) is 0 Å². The molecule has 0 aliphatic heterocycles. The molecule has 0 fully saturated rings.